The zero-order valence-electron chi connectivity index (χ0n) is 7.27. The summed E-state index contributed by atoms with van der Waals surface area (Å²) in [7, 11) is -4.17. The minimum Gasteiger partial charge on any atom is -0.281 e. The van der Waals surface area contributed by atoms with Gasteiger partial charge in [0, 0.05) is 6.20 Å². The van der Waals surface area contributed by atoms with Crippen molar-refractivity contribution in [3.8, 4) is 0 Å². The summed E-state index contributed by atoms with van der Waals surface area (Å²) < 4.78 is 30.4. The van der Waals surface area contributed by atoms with Crippen molar-refractivity contribution in [2.45, 2.75) is 24.8 Å². The highest BCUT2D eigenvalue weighted by atomic mass is 32.2. The van der Waals surface area contributed by atoms with Gasteiger partial charge in [0.25, 0.3) is 0 Å². The van der Waals surface area contributed by atoms with Crippen LogP contribution in [0, 0.1) is 0 Å². The summed E-state index contributed by atoms with van der Waals surface area (Å²) in [6.07, 6.45) is 2.76. The Bertz CT molecular complexity index is 386. The summed E-state index contributed by atoms with van der Waals surface area (Å²) in [5, 5.41) is -0.225. The number of pyridine rings is 1. The molecule has 0 aliphatic rings. The molecule has 0 amide bonds. The number of aromatic nitrogens is 1. The smallest absolute Gasteiger partial charge is 0.281 e. The van der Waals surface area contributed by atoms with E-state index in [0.29, 0.717) is 12.0 Å². The van der Waals surface area contributed by atoms with Crippen molar-refractivity contribution in [2.75, 3.05) is 0 Å². The molecule has 1 heterocycles. The summed E-state index contributed by atoms with van der Waals surface area (Å²) in [5.74, 6) is 0. The van der Waals surface area contributed by atoms with Crippen molar-refractivity contribution >= 4 is 10.1 Å². The molecule has 0 atom stereocenters. The first-order valence-corrected chi connectivity index (χ1v) is 5.41. The van der Waals surface area contributed by atoms with Gasteiger partial charge in [-0.1, -0.05) is 19.4 Å². The Labute approximate surface area is 77.4 Å². The molecular formula is C8H11NO3S. The average Bonchev–Trinajstić information content (AvgIpc) is 2.04. The summed E-state index contributed by atoms with van der Waals surface area (Å²) in [6.45, 7) is 1.93. The van der Waals surface area contributed by atoms with Gasteiger partial charge in [0.1, 0.15) is 0 Å². The minimum atomic E-state index is -4.17. The highest BCUT2D eigenvalue weighted by Crippen LogP contribution is 2.13. The number of nitrogens with zero attached hydrogens (tertiary/aromatic N) is 1. The lowest BCUT2D eigenvalue weighted by Crippen LogP contribution is -2.05. The van der Waals surface area contributed by atoms with E-state index in [-0.39, 0.29) is 5.03 Å². The number of hydrogen-bond donors (Lipinski definition) is 1. The van der Waals surface area contributed by atoms with Gasteiger partial charge in [0.05, 0.1) is 0 Å². The molecule has 4 nitrogen and oxygen atoms in total. The van der Waals surface area contributed by atoms with E-state index < -0.39 is 10.1 Å². The quantitative estimate of drug-likeness (QED) is 0.748. The van der Waals surface area contributed by atoms with E-state index in [0.717, 1.165) is 6.42 Å². The highest BCUT2D eigenvalue weighted by Gasteiger charge is 2.15. The Hall–Kier alpha value is -0.940. The Morgan fingerprint density at radius 3 is 2.77 bits per heavy atom. The molecule has 1 N–H and O–H groups in total. The third-order valence-electron chi connectivity index (χ3n) is 1.61. The van der Waals surface area contributed by atoms with Crippen LogP contribution in [0.15, 0.2) is 23.4 Å². The maximum Gasteiger partial charge on any atom is 0.312 e. The van der Waals surface area contributed by atoms with E-state index in [1.54, 1.807) is 12.1 Å². The van der Waals surface area contributed by atoms with Crippen molar-refractivity contribution in [3.05, 3.63) is 23.9 Å². The van der Waals surface area contributed by atoms with Crippen LogP contribution in [-0.2, 0) is 16.5 Å². The summed E-state index contributed by atoms with van der Waals surface area (Å²) in [4.78, 5) is 3.63. The van der Waals surface area contributed by atoms with E-state index in [9.17, 15) is 8.42 Å². The molecule has 0 aliphatic carbocycles. The molecule has 13 heavy (non-hydrogen) atoms. The third kappa shape index (κ3) is 2.50. The second kappa shape index (κ2) is 3.85. The molecule has 0 unspecified atom stereocenters. The minimum absolute atomic E-state index is 0.225. The topological polar surface area (TPSA) is 67.3 Å². The van der Waals surface area contributed by atoms with Crippen molar-refractivity contribution in [2.24, 2.45) is 0 Å². The molecule has 0 radical (unpaired) electrons. The predicted molar refractivity (Wildman–Crippen MR) is 48.0 cm³/mol. The van der Waals surface area contributed by atoms with Crippen LogP contribution in [0.1, 0.15) is 18.9 Å². The lowest BCUT2D eigenvalue weighted by atomic mass is 10.2. The van der Waals surface area contributed by atoms with Crippen LogP contribution in [0.5, 0.6) is 0 Å². The number of hydrogen-bond acceptors (Lipinski definition) is 3. The number of rotatable bonds is 3. The zero-order chi connectivity index (χ0) is 9.90. The average molecular weight is 201 g/mol. The van der Waals surface area contributed by atoms with E-state index >= 15 is 0 Å². The zero-order valence-corrected chi connectivity index (χ0v) is 8.08. The van der Waals surface area contributed by atoms with Gasteiger partial charge in [-0.2, -0.15) is 8.42 Å². The van der Waals surface area contributed by atoms with Gasteiger partial charge < -0.3 is 0 Å². The first-order chi connectivity index (χ1) is 6.05. The lowest BCUT2D eigenvalue weighted by molar-refractivity contribution is 0.477. The van der Waals surface area contributed by atoms with Crippen LogP contribution < -0.4 is 0 Å². The van der Waals surface area contributed by atoms with Crippen LogP contribution in [0.4, 0.5) is 0 Å². The van der Waals surface area contributed by atoms with Crippen LogP contribution >= 0.6 is 0 Å². The fraction of sp³-hybridized carbons (Fsp3) is 0.375. The largest absolute Gasteiger partial charge is 0.312 e. The van der Waals surface area contributed by atoms with Crippen LogP contribution in [0.2, 0.25) is 0 Å². The van der Waals surface area contributed by atoms with Gasteiger partial charge in [-0.3, -0.25) is 4.55 Å². The van der Waals surface area contributed by atoms with E-state index in [1.807, 2.05) is 6.92 Å². The first-order valence-electron chi connectivity index (χ1n) is 3.97. The summed E-state index contributed by atoms with van der Waals surface area (Å²) in [5.41, 5.74) is 0.563. The van der Waals surface area contributed by atoms with Crippen LogP contribution in [-0.4, -0.2) is 18.0 Å². The Morgan fingerprint density at radius 1 is 1.54 bits per heavy atom. The molecular weight excluding hydrogens is 190 g/mol. The Balaban J connectivity index is 3.20. The number of aryl methyl sites for hydroxylation is 1. The van der Waals surface area contributed by atoms with E-state index in [4.69, 9.17) is 4.55 Å². The maximum atomic E-state index is 10.8. The molecule has 0 fully saturated rings. The maximum absolute atomic E-state index is 10.8. The van der Waals surface area contributed by atoms with Gasteiger partial charge in [0.2, 0.25) is 0 Å². The Kier molecular flexibility index (Phi) is 3.00. The van der Waals surface area contributed by atoms with Crippen molar-refractivity contribution in [3.63, 3.8) is 0 Å². The molecule has 72 valence electrons. The van der Waals surface area contributed by atoms with Crippen molar-refractivity contribution in [1.82, 2.24) is 4.98 Å². The van der Waals surface area contributed by atoms with Gasteiger partial charge in [-0.05, 0) is 18.1 Å². The summed E-state index contributed by atoms with van der Waals surface area (Å²) >= 11 is 0. The second-order valence-corrected chi connectivity index (χ2v) is 4.03. The first kappa shape index (κ1) is 10.1. The van der Waals surface area contributed by atoms with E-state index in [2.05, 4.69) is 4.98 Å². The van der Waals surface area contributed by atoms with Gasteiger partial charge in [-0.15, -0.1) is 0 Å². The fourth-order valence-electron chi connectivity index (χ4n) is 1.12. The van der Waals surface area contributed by atoms with Crippen LogP contribution in [0.3, 0.4) is 0 Å². The molecule has 1 aromatic heterocycles. The standard InChI is InChI=1S/C8H11NO3S/c1-2-4-7-5-3-6-9-8(7)13(10,11)12/h3,5-6H,2,4H2,1H3,(H,10,11,12). The van der Waals surface area contributed by atoms with Crippen molar-refractivity contribution in [1.29, 1.82) is 0 Å². The molecule has 0 bridgehead atoms. The highest BCUT2D eigenvalue weighted by molar-refractivity contribution is 7.85. The lowest BCUT2D eigenvalue weighted by Gasteiger charge is -2.02. The Morgan fingerprint density at radius 2 is 2.23 bits per heavy atom. The van der Waals surface area contributed by atoms with Crippen LogP contribution in [0.25, 0.3) is 0 Å². The van der Waals surface area contributed by atoms with Gasteiger partial charge in [0.15, 0.2) is 5.03 Å². The molecule has 0 saturated heterocycles. The molecule has 0 spiro atoms. The predicted octanol–water partition coefficient (Wildman–Crippen LogP) is 1.28. The monoisotopic (exact) mass is 201 g/mol. The van der Waals surface area contributed by atoms with Gasteiger partial charge in [-0.25, -0.2) is 4.98 Å². The SMILES string of the molecule is CCCc1cccnc1S(=O)(=O)O. The molecule has 1 aromatic rings. The molecule has 1 rings (SSSR count). The van der Waals surface area contributed by atoms with E-state index in [1.165, 1.54) is 6.20 Å². The summed E-state index contributed by atoms with van der Waals surface area (Å²) in [6, 6.07) is 3.30. The fourth-order valence-corrected chi connectivity index (χ4v) is 1.81. The normalized spacial score (nSPS) is 11.5. The van der Waals surface area contributed by atoms with Gasteiger partial charge >= 0.3 is 10.1 Å². The molecule has 0 aliphatic heterocycles. The molecule has 0 aromatic carbocycles. The van der Waals surface area contributed by atoms with Crippen molar-refractivity contribution < 1.29 is 13.0 Å². The second-order valence-electron chi connectivity index (χ2n) is 2.69. The third-order valence-corrected chi connectivity index (χ3v) is 2.47. The molecule has 5 heteroatoms. The molecule has 0 saturated carbocycles.